The van der Waals surface area contributed by atoms with E-state index in [9.17, 15) is 4.79 Å². The minimum atomic E-state index is -0.455. The van der Waals surface area contributed by atoms with Gasteiger partial charge in [-0.25, -0.2) is 4.98 Å². The average Bonchev–Trinajstić information content (AvgIpc) is 2.47. The lowest BCUT2D eigenvalue weighted by Gasteiger charge is -2.44. The Balaban J connectivity index is 1.63. The SMILES string of the molecule is NC(=O)c1cccc(CN2CCN3CCCCC3C2)n1. The highest BCUT2D eigenvalue weighted by Gasteiger charge is 2.28. The third-order valence-corrected chi connectivity index (χ3v) is 4.37. The number of fused-ring (bicyclic) bond motifs is 1. The maximum Gasteiger partial charge on any atom is 0.267 e. The highest BCUT2D eigenvalue weighted by molar-refractivity contribution is 5.90. The van der Waals surface area contributed by atoms with Gasteiger partial charge in [-0.15, -0.1) is 0 Å². The zero-order valence-electron chi connectivity index (χ0n) is 11.8. The van der Waals surface area contributed by atoms with Crippen LogP contribution in [0.25, 0.3) is 0 Å². The van der Waals surface area contributed by atoms with Crippen LogP contribution in [0.4, 0.5) is 0 Å². The molecule has 0 bridgehead atoms. The molecule has 1 aromatic rings. The van der Waals surface area contributed by atoms with Crippen LogP contribution in [0.5, 0.6) is 0 Å². The molecule has 2 N–H and O–H groups in total. The summed E-state index contributed by atoms with van der Waals surface area (Å²) in [5, 5.41) is 0. The second-order valence-corrected chi connectivity index (χ2v) is 5.80. The van der Waals surface area contributed by atoms with Gasteiger partial charge in [0, 0.05) is 32.2 Å². The second kappa shape index (κ2) is 5.89. The fourth-order valence-corrected chi connectivity index (χ4v) is 3.30. The van der Waals surface area contributed by atoms with Gasteiger partial charge in [-0.2, -0.15) is 0 Å². The number of amides is 1. The van der Waals surface area contributed by atoms with E-state index in [4.69, 9.17) is 5.73 Å². The van der Waals surface area contributed by atoms with Crippen molar-refractivity contribution in [3.63, 3.8) is 0 Å². The van der Waals surface area contributed by atoms with Crippen LogP contribution >= 0.6 is 0 Å². The average molecular weight is 274 g/mol. The van der Waals surface area contributed by atoms with Crippen molar-refractivity contribution >= 4 is 5.91 Å². The second-order valence-electron chi connectivity index (χ2n) is 5.80. The molecular weight excluding hydrogens is 252 g/mol. The molecular formula is C15H22N4O. The highest BCUT2D eigenvalue weighted by Crippen LogP contribution is 2.21. The molecule has 1 atom stereocenters. The van der Waals surface area contributed by atoms with Gasteiger partial charge in [0.1, 0.15) is 5.69 Å². The van der Waals surface area contributed by atoms with Crippen LogP contribution in [-0.4, -0.2) is 52.9 Å². The zero-order valence-corrected chi connectivity index (χ0v) is 11.8. The van der Waals surface area contributed by atoms with Gasteiger partial charge in [-0.05, 0) is 31.5 Å². The van der Waals surface area contributed by atoms with Gasteiger partial charge in [0.05, 0.1) is 5.69 Å². The molecule has 3 rings (SSSR count). The Morgan fingerprint density at radius 3 is 3.05 bits per heavy atom. The third-order valence-electron chi connectivity index (χ3n) is 4.37. The van der Waals surface area contributed by atoms with E-state index in [1.165, 1.54) is 25.8 Å². The molecule has 0 saturated carbocycles. The predicted octanol–water partition coefficient (Wildman–Crippen LogP) is 0.851. The van der Waals surface area contributed by atoms with E-state index in [2.05, 4.69) is 14.8 Å². The normalized spacial score (nSPS) is 24.3. The standard InChI is InChI=1S/C15H22N4O/c16-15(20)14-6-3-4-12(17-14)10-18-8-9-19-7-2-1-5-13(19)11-18/h3-4,6,13H,1-2,5,7-11H2,(H2,16,20). The lowest BCUT2D eigenvalue weighted by Crippen LogP contribution is -2.54. The van der Waals surface area contributed by atoms with E-state index in [0.29, 0.717) is 11.7 Å². The summed E-state index contributed by atoms with van der Waals surface area (Å²) in [4.78, 5) is 20.6. The monoisotopic (exact) mass is 274 g/mol. The molecule has 0 spiro atoms. The Bertz CT molecular complexity index is 491. The van der Waals surface area contributed by atoms with E-state index >= 15 is 0 Å². The largest absolute Gasteiger partial charge is 0.364 e. The minimum Gasteiger partial charge on any atom is -0.364 e. The Morgan fingerprint density at radius 2 is 2.20 bits per heavy atom. The number of piperazine rings is 1. The number of rotatable bonds is 3. The molecule has 0 radical (unpaired) electrons. The lowest BCUT2D eigenvalue weighted by atomic mass is 9.99. The van der Waals surface area contributed by atoms with Crippen molar-refractivity contribution in [1.82, 2.24) is 14.8 Å². The van der Waals surface area contributed by atoms with Crippen molar-refractivity contribution in [2.24, 2.45) is 5.73 Å². The Kier molecular flexibility index (Phi) is 3.98. The van der Waals surface area contributed by atoms with Crippen molar-refractivity contribution in [1.29, 1.82) is 0 Å². The summed E-state index contributed by atoms with van der Waals surface area (Å²) < 4.78 is 0. The van der Waals surface area contributed by atoms with Crippen LogP contribution in [-0.2, 0) is 6.54 Å². The molecule has 2 fully saturated rings. The molecule has 2 aliphatic rings. The van der Waals surface area contributed by atoms with Crippen molar-refractivity contribution < 1.29 is 4.79 Å². The smallest absolute Gasteiger partial charge is 0.267 e. The van der Waals surface area contributed by atoms with Crippen molar-refractivity contribution in [3.05, 3.63) is 29.6 Å². The minimum absolute atomic E-state index is 0.360. The number of hydrogen-bond donors (Lipinski definition) is 1. The van der Waals surface area contributed by atoms with E-state index in [1.54, 1.807) is 6.07 Å². The summed E-state index contributed by atoms with van der Waals surface area (Å²) in [6.07, 6.45) is 4.01. The van der Waals surface area contributed by atoms with Crippen molar-refractivity contribution in [2.45, 2.75) is 31.8 Å². The molecule has 5 heteroatoms. The molecule has 0 aliphatic carbocycles. The number of nitrogens with zero attached hydrogens (tertiary/aromatic N) is 3. The summed E-state index contributed by atoms with van der Waals surface area (Å²) in [5.41, 5.74) is 6.58. The van der Waals surface area contributed by atoms with Crippen LogP contribution in [0.1, 0.15) is 35.4 Å². The molecule has 108 valence electrons. The first-order valence-electron chi connectivity index (χ1n) is 7.44. The summed E-state index contributed by atoms with van der Waals surface area (Å²) in [6.45, 7) is 5.42. The quantitative estimate of drug-likeness (QED) is 0.887. The van der Waals surface area contributed by atoms with Gasteiger partial charge in [-0.3, -0.25) is 14.6 Å². The van der Waals surface area contributed by atoms with Crippen molar-refractivity contribution in [3.8, 4) is 0 Å². The summed E-state index contributed by atoms with van der Waals surface area (Å²) in [5.74, 6) is -0.455. The van der Waals surface area contributed by atoms with Gasteiger partial charge in [-0.1, -0.05) is 12.5 Å². The Labute approximate surface area is 119 Å². The summed E-state index contributed by atoms with van der Waals surface area (Å²) >= 11 is 0. The molecule has 5 nitrogen and oxygen atoms in total. The number of piperidine rings is 1. The van der Waals surface area contributed by atoms with E-state index in [1.807, 2.05) is 12.1 Å². The number of primary amides is 1. The van der Waals surface area contributed by atoms with E-state index < -0.39 is 5.91 Å². The van der Waals surface area contributed by atoms with Crippen LogP contribution < -0.4 is 5.73 Å². The van der Waals surface area contributed by atoms with Crippen LogP contribution in [0.15, 0.2) is 18.2 Å². The molecule has 3 heterocycles. The number of carbonyl (C=O) groups is 1. The van der Waals surface area contributed by atoms with E-state index in [0.717, 1.165) is 31.9 Å². The van der Waals surface area contributed by atoms with Crippen molar-refractivity contribution in [2.75, 3.05) is 26.2 Å². The summed E-state index contributed by atoms with van der Waals surface area (Å²) in [7, 11) is 0. The number of aromatic nitrogens is 1. The molecule has 1 unspecified atom stereocenters. The van der Waals surface area contributed by atoms with Gasteiger partial charge >= 0.3 is 0 Å². The first-order valence-corrected chi connectivity index (χ1v) is 7.44. The molecule has 1 aromatic heterocycles. The lowest BCUT2D eigenvalue weighted by molar-refractivity contribution is 0.0451. The van der Waals surface area contributed by atoms with Crippen LogP contribution in [0.3, 0.4) is 0 Å². The molecule has 20 heavy (non-hydrogen) atoms. The molecule has 2 saturated heterocycles. The van der Waals surface area contributed by atoms with Gasteiger partial charge in [0.15, 0.2) is 0 Å². The topological polar surface area (TPSA) is 62.5 Å². The fourth-order valence-electron chi connectivity index (χ4n) is 3.30. The number of nitrogens with two attached hydrogens (primary N) is 1. The molecule has 0 aromatic carbocycles. The van der Waals surface area contributed by atoms with Gasteiger partial charge in [0.25, 0.3) is 5.91 Å². The molecule has 2 aliphatic heterocycles. The zero-order chi connectivity index (χ0) is 13.9. The number of carbonyl (C=O) groups excluding carboxylic acids is 1. The maximum atomic E-state index is 11.2. The van der Waals surface area contributed by atoms with Gasteiger partial charge in [0.2, 0.25) is 0 Å². The van der Waals surface area contributed by atoms with E-state index in [-0.39, 0.29) is 0 Å². The Morgan fingerprint density at radius 1 is 1.30 bits per heavy atom. The predicted molar refractivity (Wildman–Crippen MR) is 77.2 cm³/mol. The van der Waals surface area contributed by atoms with Crippen LogP contribution in [0.2, 0.25) is 0 Å². The maximum absolute atomic E-state index is 11.2. The number of pyridine rings is 1. The third kappa shape index (κ3) is 2.99. The molecule has 1 amide bonds. The Hall–Kier alpha value is -1.46. The summed E-state index contributed by atoms with van der Waals surface area (Å²) in [6, 6.07) is 6.21. The highest BCUT2D eigenvalue weighted by atomic mass is 16.1. The van der Waals surface area contributed by atoms with Gasteiger partial charge < -0.3 is 5.73 Å². The number of hydrogen-bond acceptors (Lipinski definition) is 4. The van der Waals surface area contributed by atoms with Crippen LogP contribution in [0, 0.1) is 0 Å². The fraction of sp³-hybridized carbons (Fsp3) is 0.600. The first-order chi connectivity index (χ1) is 9.72. The first kappa shape index (κ1) is 13.5.